The zero-order valence-corrected chi connectivity index (χ0v) is 11.8. The predicted octanol–water partition coefficient (Wildman–Crippen LogP) is 3.71. The standard InChI is InChI=1S/C16H25NO/c1-4-12(5-2)11-15-13-7-6-8-16(18-3)14(13)9-10-17-15/h6-8,12,15,17H,4-5,9-11H2,1-3H3. The lowest BCUT2D eigenvalue weighted by Crippen LogP contribution is -2.31. The van der Waals surface area contributed by atoms with Gasteiger partial charge in [0.2, 0.25) is 0 Å². The summed E-state index contributed by atoms with van der Waals surface area (Å²) < 4.78 is 5.49. The van der Waals surface area contributed by atoms with Crippen molar-refractivity contribution in [1.82, 2.24) is 5.32 Å². The Labute approximate surface area is 111 Å². The van der Waals surface area contributed by atoms with Gasteiger partial charge in [0.25, 0.3) is 0 Å². The number of hydrogen-bond donors (Lipinski definition) is 1. The summed E-state index contributed by atoms with van der Waals surface area (Å²) >= 11 is 0. The van der Waals surface area contributed by atoms with E-state index in [1.54, 1.807) is 7.11 Å². The van der Waals surface area contributed by atoms with E-state index in [4.69, 9.17) is 4.74 Å². The number of benzene rings is 1. The SMILES string of the molecule is CCC(CC)CC1NCCc2c(OC)cccc21. The predicted molar refractivity (Wildman–Crippen MR) is 76.1 cm³/mol. The average molecular weight is 247 g/mol. The molecule has 1 atom stereocenters. The highest BCUT2D eigenvalue weighted by molar-refractivity contribution is 5.43. The van der Waals surface area contributed by atoms with Crippen molar-refractivity contribution in [2.45, 2.75) is 45.6 Å². The molecule has 0 amide bonds. The molecule has 1 N–H and O–H groups in total. The van der Waals surface area contributed by atoms with E-state index in [2.05, 4.69) is 37.4 Å². The lowest BCUT2D eigenvalue weighted by atomic mass is 9.86. The summed E-state index contributed by atoms with van der Waals surface area (Å²) in [6, 6.07) is 6.97. The van der Waals surface area contributed by atoms with E-state index in [1.165, 1.54) is 30.4 Å². The van der Waals surface area contributed by atoms with Gasteiger partial charge in [-0.3, -0.25) is 0 Å². The van der Waals surface area contributed by atoms with Crippen LogP contribution < -0.4 is 10.1 Å². The van der Waals surface area contributed by atoms with Gasteiger partial charge in [-0.15, -0.1) is 0 Å². The highest BCUT2D eigenvalue weighted by atomic mass is 16.5. The summed E-state index contributed by atoms with van der Waals surface area (Å²) in [5.74, 6) is 1.88. The van der Waals surface area contributed by atoms with Crippen LogP contribution in [-0.2, 0) is 6.42 Å². The molecule has 0 spiro atoms. The minimum atomic E-state index is 0.508. The molecule has 100 valence electrons. The van der Waals surface area contributed by atoms with Gasteiger partial charge in [-0.25, -0.2) is 0 Å². The molecule has 0 saturated heterocycles. The molecule has 2 rings (SSSR count). The van der Waals surface area contributed by atoms with Crippen LogP contribution in [0.4, 0.5) is 0 Å². The minimum Gasteiger partial charge on any atom is -0.496 e. The normalized spacial score (nSPS) is 18.8. The number of ether oxygens (including phenoxy) is 1. The summed E-state index contributed by atoms with van der Waals surface area (Å²) in [4.78, 5) is 0. The first-order valence-electron chi connectivity index (χ1n) is 7.19. The molecule has 0 fully saturated rings. The first kappa shape index (κ1) is 13.4. The Bertz CT molecular complexity index is 385. The van der Waals surface area contributed by atoms with Crippen molar-refractivity contribution in [3.63, 3.8) is 0 Å². The number of fused-ring (bicyclic) bond motifs is 1. The van der Waals surface area contributed by atoms with Gasteiger partial charge in [-0.2, -0.15) is 0 Å². The summed E-state index contributed by atoms with van der Waals surface area (Å²) in [6.45, 7) is 5.66. The van der Waals surface area contributed by atoms with Gasteiger partial charge in [0.15, 0.2) is 0 Å². The van der Waals surface area contributed by atoms with Crippen LogP contribution in [0.5, 0.6) is 5.75 Å². The quantitative estimate of drug-likeness (QED) is 0.856. The fourth-order valence-electron chi connectivity index (χ4n) is 3.01. The van der Waals surface area contributed by atoms with E-state index in [0.29, 0.717) is 6.04 Å². The molecule has 1 aromatic rings. The fraction of sp³-hybridized carbons (Fsp3) is 0.625. The molecular weight excluding hydrogens is 222 g/mol. The van der Waals surface area contributed by atoms with Crippen LogP contribution in [0.3, 0.4) is 0 Å². The third-order valence-corrected chi connectivity index (χ3v) is 4.25. The van der Waals surface area contributed by atoms with Gasteiger partial charge >= 0.3 is 0 Å². The molecule has 1 heterocycles. The van der Waals surface area contributed by atoms with Crippen molar-refractivity contribution in [2.24, 2.45) is 5.92 Å². The zero-order valence-electron chi connectivity index (χ0n) is 11.8. The molecule has 1 unspecified atom stereocenters. The van der Waals surface area contributed by atoms with Crippen molar-refractivity contribution in [2.75, 3.05) is 13.7 Å². The molecule has 2 heteroatoms. The molecule has 0 saturated carbocycles. The fourth-order valence-corrected chi connectivity index (χ4v) is 3.01. The average Bonchev–Trinajstić information content (AvgIpc) is 2.44. The maximum absolute atomic E-state index is 5.49. The Morgan fingerprint density at radius 3 is 2.78 bits per heavy atom. The smallest absolute Gasteiger partial charge is 0.122 e. The van der Waals surface area contributed by atoms with Gasteiger partial charge in [0.05, 0.1) is 7.11 Å². The lowest BCUT2D eigenvalue weighted by Gasteiger charge is -2.30. The number of rotatable bonds is 5. The van der Waals surface area contributed by atoms with Gasteiger partial charge in [0, 0.05) is 11.6 Å². The van der Waals surface area contributed by atoms with Crippen LogP contribution in [0.2, 0.25) is 0 Å². The Kier molecular flexibility index (Phi) is 4.65. The van der Waals surface area contributed by atoms with Gasteiger partial charge in [-0.1, -0.05) is 38.8 Å². The van der Waals surface area contributed by atoms with Gasteiger partial charge < -0.3 is 10.1 Å². The first-order valence-corrected chi connectivity index (χ1v) is 7.19. The second kappa shape index (κ2) is 6.24. The summed E-state index contributed by atoms with van der Waals surface area (Å²) in [5, 5.41) is 3.67. The van der Waals surface area contributed by atoms with E-state index in [9.17, 15) is 0 Å². The van der Waals surface area contributed by atoms with Gasteiger partial charge in [0.1, 0.15) is 5.75 Å². The van der Waals surface area contributed by atoms with E-state index in [-0.39, 0.29) is 0 Å². The molecule has 1 aliphatic rings. The summed E-state index contributed by atoms with van der Waals surface area (Å²) in [7, 11) is 1.77. The topological polar surface area (TPSA) is 21.3 Å². The number of methoxy groups -OCH3 is 1. The Hall–Kier alpha value is -1.02. The highest BCUT2D eigenvalue weighted by Crippen LogP contribution is 2.34. The molecule has 1 aromatic carbocycles. The third-order valence-electron chi connectivity index (χ3n) is 4.25. The van der Waals surface area contributed by atoms with Crippen molar-refractivity contribution in [3.8, 4) is 5.75 Å². The molecule has 0 aromatic heterocycles. The highest BCUT2D eigenvalue weighted by Gasteiger charge is 2.23. The Balaban J connectivity index is 2.22. The molecule has 0 bridgehead atoms. The summed E-state index contributed by atoms with van der Waals surface area (Å²) in [5.41, 5.74) is 2.86. The summed E-state index contributed by atoms with van der Waals surface area (Å²) in [6.07, 6.45) is 4.87. The van der Waals surface area contributed by atoms with Crippen LogP contribution in [0.25, 0.3) is 0 Å². The van der Waals surface area contributed by atoms with Crippen molar-refractivity contribution in [3.05, 3.63) is 29.3 Å². The second-order valence-electron chi connectivity index (χ2n) is 5.20. The first-order chi connectivity index (χ1) is 8.80. The van der Waals surface area contributed by atoms with Crippen LogP contribution in [0.15, 0.2) is 18.2 Å². The molecule has 2 nitrogen and oxygen atoms in total. The molecule has 0 aliphatic carbocycles. The second-order valence-corrected chi connectivity index (χ2v) is 5.20. The maximum Gasteiger partial charge on any atom is 0.122 e. The molecule has 1 aliphatic heterocycles. The maximum atomic E-state index is 5.49. The molecule has 18 heavy (non-hydrogen) atoms. The van der Waals surface area contributed by atoms with Crippen molar-refractivity contribution >= 4 is 0 Å². The van der Waals surface area contributed by atoms with Crippen molar-refractivity contribution < 1.29 is 4.74 Å². The number of nitrogens with one attached hydrogen (secondary N) is 1. The van der Waals surface area contributed by atoms with Crippen LogP contribution in [0.1, 0.15) is 50.3 Å². The third kappa shape index (κ3) is 2.69. The largest absolute Gasteiger partial charge is 0.496 e. The Morgan fingerprint density at radius 2 is 2.11 bits per heavy atom. The van der Waals surface area contributed by atoms with Crippen LogP contribution in [-0.4, -0.2) is 13.7 Å². The lowest BCUT2D eigenvalue weighted by molar-refractivity contribution is 0.354. The monoisotopic (exact) mass is 247 g/mol. The molecule has 0 radical (unpaired) electrons. The number of hydrogen-bond acceptors (Lipinski definition) is 2. The van der Waals surface area contributed by atoms with E-state index >= 15 is 0 Å². The van der Waals surface area contributed by atoms with Gasteiger partial charge in [-0.05, 0) is 36.9 Å². The van der Waals surface area contributed by atoms with E-state index in [0.717, 1.165) is 24.6 Å². The van der Waals surface area contributed by atoms with Crippen LogP contribution >= 0.6 is 0 Å². The Morgan fingerprint density at radius 1 is 1.33 bits per heavy atom. The minimum absolute atomic E-state index is 0.508. The van der Waals surface area contributed by atoms with Crippen molar-refractivity contribution in [1.29, 1.82) is 0 Å². The zero-order chi connectivity index (χ0) is 13.0. The molecular formula is C16H25NO. The van der Waals surface area contributed by atoms with Crippen LogP contribution in [0, 0.1) is 5.92 Å². The van der Waals surface area contributed by atoms with E-state index < -0.39 is 0 Å². The van der Waals surface area contributed by atoms with E-state index in [1.807, 2.05) is 0 Å².